The van der Waals surface area contributed by atoms with Gasteiger partial charge in [0.2, 0.25) is 11.0 Å². The molecule has 33 heavy (non-hydrogen) atoms. The van der Waals surface area contributed by atoms with Gasteiger partial charge in [-0.1, -0.05) is 23.7 Å². The van der Waals surface area contributed by atoms with Crippen LogP contribution < -0.4 is 4.74 Å². The number of methoxy groups -OCH3 is 1. The molecule has 0 saturated heterocycles. The third-order valence-corrected chi connectivity index (χ3v) is 6.67. The predicted octanol–water partition coefficient (Wildman–Crippen LogP) is 6.85. The van der Waals surface area contributed by atoms with Crippen LogP contribution in [-0.4, -0.2) is 20.8 Å². The fourth-order valence-electron chi connectivity index (χ4n) is 3.72. The van der Waals surface area contributed by atoms with Crippen molar-refractivity contribution in [1.82, 2.24) is 3.97 Å². The van der Waals surface area contributed by atoms with Crippen LogP contribution in [-0.2, 0) is 11.0 Å². The molecule has 4 aromatic rings. The molecule has 0 spiro atoms. The van der Waals surface area contributed by atoms with E-state index in [-0.39, 0.29) is 16.2 Å². The van der Waals surface area contributed by atoms with Crippen LogP contribution in [0, 0.1) is 18.3 Å². The van der Waals surface area contributed by atoms with Crippen molar-refractivity contribution in [3.8, 4) is 34.2 Å². The Morgan fingerprint density at radius 2 is 1.76 bits per heavy atom. The molecule has 1 aromatic heterocycles. The smallest absolute Gasteiger partial charge is 0.491 e. The summed E-state index contributed by atoms with van der Waals surface area (Å²) in [4.78, 5) is 0. The van der Waals surface area contributed by atoms with E-state index in [1.165, 1.54) is 31.4 Å². The number of fused-ring (bicyclic) bond motifs is 1. The summed E-state index contributed by atoms with van der Waals surface area (Å²) in [6.07, 6.45) is 0. The highest BCUT2D eigenvalue weighted by molar-refractivity contribution is 7.84. The fraction of sp³-hybridized carbons (Fsp3) is 0.125. The van der Waals surface area contributed by atoms with Crippen molar-refractivity contribution in [2.24, 2.45) is 0 Å². The molecule has 4 nitrogen and oxygen atoms in total. The van der Waals surface area contributed by atoms with Gasteiger partial charge in [0.25, 0.3) is 0 Å². The monoisotopic (exact) mass is 488 g/mol. The topological polar surface area (TPSA) is 55.0 Å². The third kappa shape index (κ3) is 4.22. The van der Waals surface area contributed by atoms with Crippen LogP contribution in [0.15, 0.2) is 60.7 Å². The van der Waals surface area contributed by atoms with Gasteiger partial charge in [-0.25, -0.2) is 4.21 Å². The highest BCUT2D eigenvalue weighted by Crippen LogP contribution is 2.39. The van der Waals surface area contributed by atoms with Crippen LogP contribution in [0.2, 0.25) is 5.02 Å². The Morgan fingerprint density at radius 1 is 1.03 bits per heavy atom. The predicted molar refractivity (Wildman–Crippen MR) is 123 cm³/mol. The maximum Gasteiger partial charge on any atom is 0.491 e. The van der Waals surface area contributed by atoms with E-state index in [4.69, 9.17) is 21.6 Å². The van der Waals surface area contributed by atoms with Crippen LogP contribution >= 0.6 is 11.6 Å². The number of halogens is 4. The molecular weight excluding hydrogens is 473 g/mol. The number of hydrogen-bond donors (Lipinski definition) is 0. The van der Waals surface area contributed by atoms with Crippen LogP contribution in [0.25, 0.3) is 33.3 Å². The van der Waals surface area contributed by atoms with Crippen LogP contribution in [0.4, 0.5) is 13.2 Å². The van der Waals surface area contributed by atoms with Gasteiger partial charge < -0.3 is 4.74 Å². The molecule has 4 rings (SSSR count). The number of nitriles is 1. The number of rotatable bonds is 4. The van der Waals surface area contributed by atoms with Gasteiger partial charge in [-0.3, -0.25) is 3.97 Å². The molecule has 168 valence electrons. The summed E-state index contributed by atoms with van der Waals surface area (Å²) in [6.45, 7) is 1.85. The average molecular weight is 489 g/mol. The number of nitrogens with zero attached hydrogens (tertiary/aromatic N) is 2. The summed E-state index contributed by atoms with van der Waals surface area (Å²) >= 11 is 6.34. The lowest BCUT2D eigenvalue weighted by molar-refractivity contribution is -0.0391. The van der Waals surface area contributed by atoms with Crippen molar-refractivity contribution < 1.29 is 22.1 Å². The van der Waals surface area contributed by atoms with Crippen molar-refractivity contribution in [2.75, 3.05) is 7.11 Å². The minimum absolute atomic E-state index is 0.0713. The van der Waals surface area contributed by atoms with E-state index in [0.717, 1.165) is 20.7 Å². The molecule has 1 heterocycles. The van der Waals surface area contributed by atoms with Crippen LogP contribution in [0.1, 0.15) is 11.1 Å². The molecule has 0 N–H and O–H groups in total. The van der Waals surface area contributed by atoms with E-state index in [9.17, 15) is 17.4 Å². The van der Waals surface area contributed by atoms with Gasteiger partial charge >= 0.3 is 5.51 Å². The number of hydrogen-bond acceptors (Lipinski definition) is 3. The number of aryl methyl sites for hydroxylation is 1. The fourth-order valence-corrected chi connectivity index (χ4v) is 4.86. The number of benzene rings is 3. The van der Waals surface area contributed by atoms with E-state index in [1.54, 1.807) is 36.4 Å². The summed E-state index contributed by atoms with van der Waals surface area (Å²) < 4.78 is 58.9. The van der Waals surface area contributed by atoms with Crippen LogP contribution in [0.3, 0.4) is 0 Å². The van der Waals surface area contributed by atoms with Gasteiger partial charge in [0.15, 0.2) is 0 Å². The SMILES string of the molecule is COc1ccc(-c2cc3cc(-c4ccc(C#N)cc4C)ccc3n2S(=O)C(F)(F)F)c(Cl)c1. The van der Waals surface area contributed by atoms with Crippen molar-refractivity contribution >= 4 is 33.5 Å². The number of aromatic nitrogens is 1. The van der Waals surface area contributed by atoms with Gasteiger partial charge in [0.05, 0.1) is 35.0 Å². The maximum absolute atomic E-state index is 13.5. The lowest BCUT2D eigenvalue weighted by Gasteiger charge is -2.14. The summed E-state index contributed by atoms with van der Waals surface area (Å²) in [5.41, 5.74) is -1.49. The molecule has 0 aliphatic heterocycles. The van der Waals surface area contributed by atoms with E-state index < -0.39 is 16.5 Å². The van der Waals surface area contributed by atoms with Crippen LogP contribution in [0.5, 0.6) is 5.75 Å². The Morgan fingerprint density at radius 3 is 2.36 bits per heavy atom. The van der Waals surface area contributed by atoms with Crippen molar-refractivity contribution in [3.05, 3.63) is 76.8 Å². The first-order valence-corrected chi connectivity index (χ1v) is 11.1. The molecule has 0 saturated carbocycles. The van der Waals surface area contributed by atoms with Crippen molar-refractivity contribution in [2.45, 2.75) is 12.4 Å². The molecule has 1 atom stereocenters. The summed E-state index contributed by atoms with van der Waals surface area (Å²) in [7, 11) is -1.89. The lowest BCUT2D eigenvalue weighted by Crippen LogP contribution is -2.23. The molecule has 3 aromatic carbocycles. The Bertz CT molecular complexity index is 1450. The third-order valence-electron chi connectivity index (χ3n) is 5.24. The quantitative estimate of drug-likeness (QED) is 0.315. The highest BCUT2D eigenvalue weighted by atomic mass is 35.5. The number of ether oxygens (including phenoxy) is 1. The molecule has 0 bridgehead atoms. The molecule has 9 heteroatoms. The second-order valence-corrected chi connectivity index (χ2v) is 9.01. The van der Waals surface area contributed by atoms with Gasteiger partial charge in [-0.15, -0.1) is 0 Å². The summed E-state index contributed by atoms with van der Waals surface area (Å²) in [5.74, 6) is 0.446. The number of alkyl halides is 3. The summed E-state index contributed by atoms with van der Waals surface area (Å²) in [5, 5.41) is 9.72. The maximum atomic E-state index is 13.5. The summed E-state index contributed by atoms with van der Waals surface area (Å²) in [6, 6.07) is 18.3. The molecule has 0 radical (unpaired) electrons. The average Bonchev–Trinajstić information content (AvgIpc) is 3.15. The van der Waals surface area contributed by atoms with Gasteiger partial charge in [-0.2, -0.15) is 18.4 Å². The standard InChI is InChI=1S/C24H16ClF3N2O2S/c1-14-9-15(13-29)3-6-19(14)16-4-8-22-17(10-16)11-23(30(22)33(31)24(26,27)28)20-7-5-18(32-2)12-21(20)25/h3-12H,1-2H3. The zero-order valence-electron chi connectivity index (χ0n) is 17.4. The van der Waals surface area contributed by atoms with Crippen molar-refractivity contribution in [3.63, 3.8) is 0 Å². The Labute approximate surface area is 195 Å². The zero-order valence-corrected chi connectivity index (χ0v) is 19.0. The first kappa shape index (κ1) is 22.9. The first-order chi connectivity index (χ1) is 15.6. The zero-order chi connectivity index (χ0) is 23.9. The normalized spacial score (nSPS) is 12.5. The van der Waals surface area contributed by atoms with E-state index in [1.807, 2.05) is 6.92 Å². The largest absolute Gasteiger partial charge is 0.497 e. The Balaban J connectivity index is 1.96. The minimum Gasteiger partial charge on any atom is -0.497 e. The second-order valence-electron chi connectivity index (χ2n) is 7.28. The first-order valence-electron chi connectivity index (χ1n) is 9.63. The molecule has 0 aliphatic rings. The molecular formula is C24H16ClF3N2O2S. The van der Waals surface area contributed by atoms with Crippen molar-refractivity contribution in [1.29, 1.82) is 5.26 Å². The highest BCUT2D eigenvalue weighted by Gasteiger charge is 2.40. The molecule has 0 amide bonds. The van der Waals surface area contributed by atoms with Gasteiger partial charge in [0.1, 0.15) is 5.75 Å². The van der Waals surface area contributed by atoms with Gasteiger partial charge in [0, 0.05) is 10.9 Å². The van der Waals surface area contributed by atoms with E-state index in [0.29, 0.717) is 22.3 Å². The molecule has 0 aliphatic carbocycles. The van der Waals surface area contributed by atoms with Gasteiger partial charge in [-0.05, 0) is 72.1 Å². The van der Waals surface area contributed by atoms with E-state index >= 15 is 0 Å². The minimum atomic E-state index is -4.97. The molecule has 1 unspecified atom stereocenters. The Kier molecular flexibility index (Phi) is 5.95. The molecule has 0 fully saturated rings. The van der Waals surface area contributed by atoms with E-state index in [2.05, 4.69) is 6.07 Å². The lowest BCUT2D eigenvalue weighted by atomic mass is 9.98. The second kappa shape index (κ2) is 8.58. The Hall–Kier alpha value is -3.28.